The Balaban J connectivity index is 1.69. The highest BCUT2D eigenvalue weighted by Gasteiger charge is 2.12. The Hall–Kier alpha value is -2.73. The molecule has 0 saturated heterocycles. The maximum atomic E-state index is 12.5. The Morgan fingerprint density at radius 1 is 1.12 bits per heavy atom. The van der Waals surface area contributed by atoms with Crippen molar-refractivity contribution in [2.75, 3.05) is 12.4 Å². The van der Waals surface area contributed by atoms with E-state index in [9.17, 15) is 9.59 Å². The van der Waals surface area contributed by atoms with Gasteiger partial charge in [-0.15, -0.1) is 0 Å². The molecule has 0 aliphatic carbocycles. The molecular weight excluding hydrogens is 334 g/mol. The number of thiazole rings is 1. The smallest absolute Gasteiger partial charge is 0.227 e. The fourth-order valence-corrected chi connectivity index (χ4v) is 3.51. The molecule has 0 radical (unpaired) electrons. The third-order valence-electron chi connectivity index (χ3n) is 3.78. The van der Waals surface area contributed by atoms with Gasteiger partial charge in [0.25, 0.3) is 0 Å². The molecule has 0 atom stereocenters. The summed E-state index contributed by atoms with van der Waals surface area (Å²) in [5.41, 5.74) is 2.87. The summed E-state index contributed by atoms with van der Waals surface area (Å²) in [6.07, 6.45) is 0.340. The molecule has 0 unspecified atom stereocenters. The van der Waals surface area contributed by atoms with Crippen LogP contribution in [0.4, 0.5) is 5.13 Å². The van der Waals surface area contributed by atoms with Gasteiger partial charge in [0.2, 0.25) is 11.8 Å². The number of anilines is 1. The average Bonchev–Trinajstić information content (AvgIpc) is 2.96. The number of hydrogen-bond acceptors (Lipinski definition) is 4. The van der Waals surface area contributed by atoms with E-state index >= 15 is 0 Å². The van der Waals surface area contributed by atoms with Crippen LogP contribution in [0.3, 0.4) is 0 Å². The van der Waals surface area contributed by atoms with E-state index in [4.69, 9.17) is 0 Å². The number of fused-ring (bicyclic) bond motifs is 1. The van der Waals surface area contributed by atoms with E-state index in [-0.39, 0.29) is 11.8 Å². The summed E-state index contributed by atoms with van der Waals surface area (Å²) in [5, 5.41) is 3.27. The first kappa shape index (κ1) is 17.1. The third-order valence-corrected chi connectivity index (χ3v) is 4.71. The van der Waals surface area contributed by atoms with Gasteiger partial charge < -0.3 is 10.2 Å². The molecule has 6 heteroatoms. The topological polar surface area (TPSA) is 62.3 Å². The van der Waals surface area contributed by atoms with Crippen LogP contribution in [-0.2, 0) is 22.6 Å². The molecule has 2 amide bonds. The number of benzene rings is 2. The zero-order chi connectivity index (χ0) is 17.8. The molecule has 3 aromatic rings. The standard InChI is InChI=1S/C19H19N3O2S/c1-13(23)20-19-21-16-9-8-15(10-17(16)25-19)11-18(24)22(2)12-14-6-4-3-5-7-14/h3-10H,11-12H2,1-2H3,(H,20,21,23). The quantitative estimate of drug-likeness (QED) is 0.764. The summed E-state index contributed by atoms with van der Waals surface area (Å²) < 4.78 is 0.958. The summed E-state index contributed by atoms with van der Waals surface area (Å²) in [5.74, 6) is -0.0770. The molecule has 0 spiro atoms. The van der Waals surface area contributed by atoms with Gasteiger partial charge in [-0.1, -0.05) is 47.7 Å². The number of carbonyl (C=O) groups excluding carboxylic acids is 2. The monoisotopic (exact) mass is 353 g/mol. The molecule has 1 heterocycles. The molecule has 0 aliphatic heterocycles. The van der Waals surface area contributed by atoms with Crippen molar-refractivity contribution in [3.8, 4) is 0 Å². The van der Waals surface area contributed by atoms with Gasteiger partial charge in [0.15, 0.2) is 5.13 Å². The molecule has 1 aromatic heterocycles. The maximum absolute atomic E-state index is 12.5. The lowest BCUT2D eigenvalue weighted by molar-refractivity contribution is -0.129. The Bertz CT molecular complexity index is 905. The number of nitrogens with one attached hydrogen (secondary N) is 1. The first-order valence-corrected chi connectivity index (χ1v) is 8.78. The Kier molecular flexibility index (Phi) is 5.09. The fourth-order valence-electron chi connectivity index (χ4n) is 2.54. The number of likely N-dealkylation sites (N-methyl/N-ethyl adjacent to an activating group) is 1. The van der Waals surface area contributed by atoms with E-state index in [2.05, 4.69) is 10.3 Å². The van der Waals surface area contributed by atoms with Crippen LogP contribution in [0.5, 0.6) is 0 Å². The lowest BCUT2D eigenvalue weighted by Gasteiger charge is -2.17. The van der Waals surface area contributed by atoms with Gasteiger partial charge in [-0.05, 0) is 23.3 Å². The molecule has 2 aromatic carbocycles. The van der Waals surface area contributed by atoms with Crippen molar-refractivity contribution in [1.29, 1.82) is 0 Å². The van der Waals surface area contributed by atoms with Crippen LogP contribution in [0.1, 0.15) is 18.1 Å². The highest BCUT2D eigenvalue weighted by Crippen LogP contribution is 2.27. The van der Waals surface area contributed by atoms with Gasteiger partial charge in [-0.2, -0.15) is 0 Å². The SMILES string of the molecule is CC(=O)Nc1nc2ccc(CC(=O)N(C)Cc3ccccc3)cc2s1. The van der Waals surface area contributed by atoms with E-state index < -0.39 is 0 Å². The lowest BCUT2D eigenvalue weighted by Crippen LogP contribution is -2.27. The number of hydrogen-bond donors (Lipinski definition) is 1. The van der Waals surface area contributed by atoms with Crippen LogP contribution in [0.15, 0.2) is 48.5 Å². The predicted molar refractivity (Wildman–Crippen MR) is 101 cm³/mol. The van der Waals surface area contributed by atoms with E-state index in [1.165, 1.54) is 18.3 Å². The number of aromatic nitrogens is 1. The summed E-state index contributed by atoms with van der Waals surface area (Å²) in [6.45, 7) is 2.05. The molecule has 0 saturated carbocycles. The van der Waals surface area contributed by atoms with Crippen molar-refractivity contribution in [3.63, 3.8) is 0 Å². The number of nitrogens with zero attached hydrogens (tertiary/aromatic N) is 2. The zero-order valence-corrected chi connectivity index (χ0v) is 15.0. The third kappa shape index (κ3) is 4.42. The molecule has 25 heavy (non-hydrogen) atoms. The van der Waals surface area contributed by atoms with Crippen molar-refractivity contribution >= 4 is 38.5 Å². The van der Waals surface area contributed by atoms with Crippen molar-refractivity contribution in [2.45, 2.75) is 19.9 Å². The number of amides is 2. The van der Waals surface area contributed by atoms with Gasteiger partial charge in [-0.25, -0.2) is 4.98 Å². The van der Waals surface area contributed by atoms with Crippen molar-refractivity contribution in [3.05, 3.63) is 59.7 Å². The second-order valence-electron chi connectivity index (χ2n) is 5.91. The van der Waals surface area contributed by atoms with Crippen molar-refractivity contribution in [1.82, 2.24) is 9.88 Å². The summed E-state index contributed by atoms with van der Waals surface area (Å²) in [4.78, 5) is 29.7. The van der Waals surface area contributed by atoms with E-state index in [0.29, 0.717) is 18.1 Å². The average molecular weight is 353 g/mol. The molecule has 5 nitrogen and oxygen atoms in total. The summed E-state index contributed by atoms with van der Waals surface area (Å²) in [7, 11) is 1.81. The minimum absolute atomic E-state index is 0.0646. The van der Waals surface area contributed by atoms with Gasteiger partial charge in [0.1, 0.15) is 0 Å². The first-order valence-electron chi connectivity index (χ1n) is 7.96. The number of carbonyl (C=O) groups is 2. The van der Waals surface area contributed by atoms with Crippen molar-refractivity contribution in [2.24, 2.45) is 0 Å². The number of rotatable bonds is 5. The van der Waals surface area contributed by atoms with Gasteiger partial charge in [0, 0.05) is 20.5 Å². The highest BCUT2D eigenvalue weighted by atomic mass is 32.1. The summed E-state index contributed by atoms with van der Waals surface area (Å²) >= 11 is 1.41. The van der Waals surface area contributed by atoms with Gasteiger partial charge in [0.05, 0.1) is 16.6 Å². The predicted octanol–water partition coefficient (Wildman–Crippen LogP) is 3.46. The molecule has 0 fully saturated rings. The van der Waals surface area contributed by atoms with Crippen LogP contribution in [0, 0.1) is 0 Å². The van der Waals surface area contributed by atoms with Gasteiger partial charge >= 0.3 is 0 Å². The van der Waals surface area contributed by atoms with Crippen LogP contribution < -0.4 is 5.32 Å². The van der Waals surface area contributed by atoms with Crippen LogP contribution in [-0.4, -0.2) is 28.7 Å². The Morgan fingerprint density at radius 3 is 2.60 bits per heavy atom. The fraction of sp³-hybridized carbons (Fsp3) is 0.211. The normalized spacial score (nSPS) is 10.6. The second-order valence-corrected chi connectivity index (χ2v) is 6.95. The highest BCUT2D eigenvalue weighted by molar-refractivity contribution is 7.22. The summed E-state index contributed by atoms with van der Waals surface area (Å²) in [6, 6.07) is 15.7. The molecule has 1 N–H and O–H groups in total. The molecule has 128 valence electrons. The first-order chi connectivity index (χ1) is 12.0. The lowest BCUT2D eigenvalue weighted by atomic mass is 10.1. The largest absolute Gasteiger partial charge is 0.341 e. The van der Waals surface area contributed by atoms with Crippen LogP contribution >= 0.6 is 11.3 Å². The van der Waals surface area contributed by atoms with Crippen LogP contribution in [0.25, 0.3) is 10.2 Å². The molecule has 3 rings (SSSR count). The molecule has 0 bridgehead atoms. The van der Waals surface area contributed by atoms with Crippen molar-refractivity contribution < 1.29 is 9.59 Å². The second kappa shape index (κ2) is 7.44. The van der Waals surface area contributed by atoms with Gasteiger partial charge in [-0.3, -0.25) is 9.59 Å². The minimum Gasteiger partial charge on any atom is -0.341 e. The molecule has 0 aliphatic rings. The molecular formula is C19H19N3O2S. The zero-order valence-electron chi connectivity index (χ0n) is 14.2. The van der Waals surface area contributed by atoms with Crippen LogP contribution in [0.2, 0.25) is 0 Å². The van der Waals surface area contributed by atoms with E-state index in [1.54, 1.807) is 4.90 Å². The van der Waals surface area contributed by atoms with E-state index in [1.807, 2.05) is 55.6 Å². The minimum atomic E-state index is -0.142. The Morgan fingerprint density at radius 2 is 1.88 bits per heavy atom. The maximum Gasteiger partial charge on any atom is 0.227 e. The Labute approximate surface area is 150 Å². The van der Waals surface area contributed by atoms with E-state index in [0.717, 1.165) is 21.3 Å².